The second kappa shape index (κ2) is 7.99. The van der Waals surface area contributed by atoms with E-state index in [0.717, 1.165) is 11.8 Å². The van der Waals surface area contributed by atoms with Gasteiger partial charge in [-0.05, 0) is 17.7 Å². The van der Waals surface area contributed by atoms with Crippen molar-refractivity contribution in [3.63, 3.8) is 0 Å². The molecule has 1 aromatic carbocycles. The van der Waals surface area contributed by atoms with Gasteiger partial charge >= 0.3 is 11.6 Å². The van der Waals surface area contributed by atoms with Gasteiger partial charge < -0.3 is 20.3 Å². The molecule has 30 heavy (non-hydrogen) atoms. The van der Waals surface area contributed by atoms with Crippen LogP contribution in [0, 0.1) is 5.82 Å². The van der Waals surface area contributed by atoms with E-state index in [1.54, 1.807) is 12.1 Å². The fourth-order valence-electron chi connectivity index (χ4n) is 3.84. The number of rotatable bonds is 4. The fourth-order valence-corrected chi connectivity index (χ4v) is 3.84. The number of aliphatic hydroxyl groups is 1. The molecule has 0 amide bonds. The summed E-state index contributed by atoms with van der Waals surface area (Å²) < 4.78 is 54.4. The van der Waals surface area contributed by atoms with Gasteiger partial charge in [-0.25, -0.2) is 4.39 Å². The van der Waals surface area contributed by atoms with Crippen molar-refractivity contribution in [2.45, 2.75) is 30.4 Å². The number of nitrogens with two attached hydrogens (primary N) is 1. The summed E-state index contributed by atoms with van der Waals surface area (Å²) in [5.74, 6) is -4.06. The van der Waals surface area contributed by atoms with Gasteiger partial charge in [0.25, 0.3) is 6.23 Å². The molecule has 1 aromatic heterocycles. The van der Waals surface area contributed by atoms with E-state index in [-0.39, 0.29) is 24.2 Å². The molecule has 2 fully saturated rings. The average molecular weight is 427 g/mol. The molecule has 4 unspecified atom stereocenters. The maximum atomic E-state index is 14.8. The molecule has 2 aliphatic rings. The fraction of sp³-hybridized carbons (Fsp3) is 0.474. The highest BCUT2D eigenvalue weighted by molar-refractivity contribution is 5.22. The minimum atomic E-state index is -3.70. The third-order valence-corrected chi connectivity index (χ3v) is 5.44. The number of hydrogen-bond acceptors (Lipinski definition) is 6. The number of morpholine rings is 1. The molecule has 4 atom stereocenters. The van der Waals surface area contributed by atoms with E-state index >= 15 is 0 Å². The van der Waals surface area contributed by atoms with Crippen molar-refractivity contribution in [2.24, 2.45) is 0 Å². The van der Waals surface area contributed by atoms with Crippen LogP contribution in [-0.2, 0) is 9.47 Å². The van der Waals surface area contributed by atoms with Gasteiger partial charge in [0.05, 0.1) is 19.3 Å². The molecule has 8 nitrogen and oxygen atoms in total. The Labute approximate surface area is 169 Å². The quantitative estimate of drug-likeness (QED) is 0.609. The Bertz CT molecular complexity index is 956. The molecule has 4 rings (SSSR count). The second-order valence-electron chi connectivity index (χ2n) is 7.39. The molecule has 3 heterocycles. The van der Waals surface area contributed by atoms with Crippen molar-refractivity contribution in [3.8, 4) is 0 Å². The molecule has 0 spiro atoms. The standard InChI is InChI=1S/C19H21F3N4O4/c20-12-3-1-11(2-4-12)13-10-29-8-7-25(13)9-14-16(27)19(21,22)17(30-14)26-6-5-15(23)24-18(26)28/h1-6,13-14,16-17,27H,7-10H2,(H2,23,24,28)/p+1. The van der Waals surface area contributed by atoms with Crippen LogP contribution in [0.3, 0.4) is 0 Å². The van der Waals surface area contributed by atoms with E-state index in [2.05, 4.69) is 4.98 Å². The van der Waals surface area contributed by atoms with Crippen LogP contribution in [0.15, 0.2) is 41.3 Å². The first-order valence-corrected chi connectivity index (χ1v) is 9.46. The SMILES string of the molecule is Nc1cc[n+](C2OC(CN3CCOCC3c3ccc(F)cc3)C(O)C2(F)F)c(=O)[nH]1. The zero-order valence-corrected chi connectivity index (χ0v) is 15.9. The first kappa shape index (κ1) is 20.8. The lowest BCUT2D eigenvalue weighted by molar-refractivity contribution is -0.789. The summed E-state index contributed by atoms with van der Waals surface area (Å²) in [5, 5.41) is 10.3. The van der Waals surface area contributed by atoms with Crippen molar-refractivity contribution < 1.29 is 32.3 Å². The Hall–Kier alpha value is -2.47. The highest BCUT2D eigenvalue weighted by Crippen LogP contribution is 2.40. The third kappa shape index (κ3) is 3.81. The molecule has 0 saturated carbocycles. The summed E-state index contributed by atoms with van der Waals surface area (Å²) in [6.45, 7) is 1.07. The number of hydrogen-bond donors (Lipinski definition) is 3. The second-order valence-corrected chi connectivity index (χ2v) is 7.39. The van der Waals surface area contributed by atoms with E-state index in [4.69, 9.17) is 15.2 Å². The summed E-state index contributed by atoms with van der Waals surface area (Å²) in [6, 6.07) is 6.79. The number of nitrogen functional groups attached to an aromatic ring is 1. The molecular formula is C19H22F3N4O4+. The molecule has 2 saturated heterocycles. The lowest BCUT2D eigenvalue weighted by Crippen LogP contribution is -2.60. The zero-order chi connectivity index (χ0) is 21.5. The summed E-state index contributed by atoms with van der Waals surface area (Å²) in [6.07, 6.45) is -4.26. The molecule has 0 aliphatic carbocycles. The Morgan fingerprint density at radius 3 is 2.73 bits per heavy atom. The summed E-state index contributed by atoms with van der Waals surface area (Å²) in [4.78, 5) is 16.1. The highest BCUT2D eigenvalue weighted by atomic mass is 19.3. The molecule has 0 bridgehead atoms. The van der Waals surface area contributed by atoms with Crippen LogP contribution in [0.5, 0.6) is 0 Å². The van der Waals surface area contributed by atoms with E-state index in [0.29, 0.717) is 24.3 Å². The molecule has 162 valence electrons. The molecule has 4 N–H and O–H groups in total. The Morgan fingerprint density at radius 1 is 1.30 bits per heavy atom. The summed E-state index contributed by atoms with van der Waals surface area (Å²) in [7, 11) is 0. The molecule has 0 radical (unpaired) electrons. The Kier molecular flexibility index (Phi) is 5.53. The number of aromatic amines is 1. The normalized spacial score (nSPS) is 29.2. The van der Waals surface area contributed by atoms with Crippen molar-refractivity contribution in [3.05, 3.63) is 58.4 Å². The van der Waals surface area contributed by atoms with Gasteiger partial charge in [-0.1, -0.05) is 12.1 Å². The number of aromatic nitrogens is 2. The largest absolute Gasteiger partial charge is 0.499 e. The molecule has 2 aliphatic heterocycles. The number of H-pyrrole nitrogens is 1. The topological polar surface area (TPSA) is 105 Å². The van der Waals surface area contributed by atoms with Crippen molar-refractivity contribution in [1.29, 1.82) is 0 Å². The van der Waals surface area contributed by atoms with Crippen LogP contribution < -0.4 is 16.0 Å². The number of ether oxygens (including phenoxy) is 2. The molecular weight excluding hydrogens is 405 g/mol. The number of nitrogens with zero attached hydrogens (tertiary/aromatic N) is 2. The van der Waals surface area contributed by atoms with Crippen LogP contribution in [0.25, 0.3) is 0 Å². The average Bonchev–Trinajstić information content (AvgIpc) is 2.93. The van der Waals surface area contributed by atoms with Gasteiger partial charge in [0.2, 0.25) is 0 Å². The van der Waals surface area contributed by atoms with Gasteiger partial charge in [-0.3, -0.25) is 4.90 Å². The van der Waals surface area contributed by atoms with Gasteiger partial charge in [-0.2, -0.15) is 23.1 Å². The van der Waals surface area contributed by atoms with Gasteiger partial charge in [-0.15, -0.1) is 0 Å². The van der Waals surface area contributed by atoms with Crippen molar-refractivity contribution in [1.82, 2.24) is 9.88 Å². The minimum absolute atomic E-state index is 0.0186. The van der Waals surface area contributed by atoms with Crippen molar-refractivity contribution >= 4 is 5.82 Å². The first-order chi connectivity index (χ1) is 14.3. The Balaban J connectivity index is 1.56. The maximum Gasteiger partial charge on any atom is 0.499 e. The molecule has 2 aromatic rings. The van der Waals surface area contributed by atoms with Crippen LogP contribution in [0.1, 0.15) is 17.8 Å². The number of halogens is 3. The first-order valence-electron chi connectivity index (χ1n) is 9.46. The molecule has 11 heteroatoms. The zero-order valence-electron chi connectivity index (χ0n) is 15.9. The predicted octanol–water partition coefficient (Wildman–Crippen LogP) is 0.351. The third-order valence-electron chi connectivity index (χ3n) is 5.44. The van der Waals surface area contributed by atoms with Crippen LogP contribution in [0.2, 0.25) is 0 Å². The minimum Gasteiger partial charge on any atom is -0.384 e. The monoisotopic (exact) mass is 427 g/mol. The van der Waals surface area contributed by atoms with E-state index in [1.165, 1.54) is 18.2 Å². The number of anilines is 1. The number of alkyl halides is 2. The lowest BCUT2D eigenvalue weighted by Gasteiger charge is -2.37. The van der Waals surface area contributed by atoms with Crippen LogP contribution in [0.4, 0.5) is 19.0 Å². The van der Waals surface area contributed by atoms with Gasteiger partial charge in [0, 0.05) is 19.2 Å². The summed E-state index contributed by atoms with van der Waals surface area (Å²) in [5.41, 5.74) is 5.35. The van der Waals surface area contributed by atoms with Gasteiger partial charge in [0.1, 0.15) is 18.1 Å². The van der Waals surface area contributed by atoms with E-state index < -0.39 is 30.0 Å². The number of benzene rings is 1. The highest BCUT2D eigenvalue weighted by Gasteiger charge is 2.62. The lowest BCUT2D eigenvalue weighted by atomic mass is 10.0. The smallest absolute Gasteiger partial charge is 0.384 e. The van der Waals surface area contributed by atoms with Crippen LogP contribution >= 0.6 is 0 Å². The number of aliphatic hydroxyl groups excluding tert-OH is 1. The summed E-state index contributed by atoms with van der Waals surface area (Å²) >= 11 is 0. The Morgan fingerprint density at radius 2 is 2.03 bits per heavy atom. The van der Waals surface area contributed by atoms with Crippen LogP contribution in [-0.4, -0.2) is 59.4 Å². The number of nitrogens with one attached hydrogen (secondary N) is 1. The van der Waals surface area contributed by atoms with E-state index in [1.807, 2.05) is 4.90 Å². The predicted molar refractivity (Wildman–Crippen MR) is 98.1 cm³/mol. The van der Waals surface area contributed by atoms with Gasteiger partial charge in [0.15, 0.2) is 11.9 Å². The maximum absolute atomic E-state index is 14.8. The van der Waals surface area contributed by atoms with E-state index in [9.17, 15) is 23.1 Å². The van der Waals surface area contributed by atoms with Crippen molar-refractivity contribution in [2.75, 3.05) is 32.0 Å².